The van der Waals surface area contributed by atoms with E-state index in [1.54, 1.807) is 37.3 Å². The number of fused-ring (bicyclic) bond motifs is 1. The predicted octanol–water partition coefficient (Wildman–Crippen LogP) is 3.19. The number of benzene rings is 2. The van der Waals surface area contributed by atoms with E-state index in [0.717, 1.165) is 5.56 Å². The number of hydrogen-bond acceptors (Lipinski definition) is 6. The van der Waals surface area contributed by atoms with E-state index >= 15 is 0 Å². The molecule has 0 radical (unpaired) electrons. The predicted molar refractivity (Wildman–Crippen MR) is 103 cm³/mol. The average molecular weight is 383 g/mol. The van der Waals surface area contributed by atoms with Crippen molar-refractivity contribution in [3.8, 4) is 17.2 Å². The topological polar surface area (TPSA) is 90.9 Å². The van der Waals surface area contributed by atoms with Crippen molar-refractivity contribution in [3.05, 3.63) is 47.0 Å². The first-order valence-corrected chi connectivity index (χ1v) is 8.84. The summed E-state index contributed by atoms with van der Waals surface area (Å²) >= 11 is 0. The van der Waals surface area contributed by atoms with Crippen LogP contribution in [0, 0.1) is 6.92 Å². The summed E-state index contributed by atoms with van der Waals surface area (Å²) < 4.78 is 16.5. The molecule has 0 unspecified atom stereocenters. The lowest BCUT2D eigenvalue weighted by Crippen LogP contribution is -2.22. The highest BCUT2D eigenvalue weighted by Crippen LogP contribution is 2.32. The minimum Gasteiger partial charge on any atom is -0.486 e. The van der Waals surface area contributed by atoms with Gasteiger partial charge in [0.25, 0.3) is 5.91 Å². The zero-order valence-corrected chi connectivity index (χ0v) is 16.0. The van der Waals surface area contributed by atoms with Gasteiger partial charge in [-0.1, -0.05) is 0 Å². The number of carbonyl (C=O) groups is 3. The van der Waals surface area contributed by atoms with E-state index < -0.39 is 5.91 Å². The molecule has 2 aromatic carbocycles. The fourth-order valence-corrected chi connectivity index (χ4v) is 2.91. The third-order valence-electron chi connectivity index (χ3n) is 4.17. The Bertz CT molecular complexity index is 915. The third-order valence-corrected chi connectivity index (χ3v) is 4.17. The van der Waals surface area contributed by atoms with Crippen molar-refractivity contribution >= 4 is 23.2 Å². The molecule has 0 aliphatic carbocycles. The lowest BCUT2D eigenvalue weighted by Gasteiger charge is -2.19. The number of nitrogens with one attached hydrogen (secondary N) is 1. The SMILES string of the molecule is CC(=O)c1cc(C)cc(C(C)=O)c1OCC(=O)Nc1ccc2c(c1)OCCO2. The summed E-state index contributed by atoms with van der Waals surface area (Å²) in [6, 6.07) is 8.36. The normalized spacial score (nSPS) is 12.2. The second-order valence-electron chi connectivity index (χ2n) is 6.50. The fourth-order valence-electron chi connectivity index (χ4n) is 2.91. The molecule has 7 nitrogen and oxygen atoms in total. The van der Waals surface area contributed by atoms with Gasteiger partial charge in [-0.15, -0.1) is 0 Å². The summed E-state index contributed by atoms with van der Waals surface area (Å²) in [5, 5.41) is 2.70. The average Bonchev–Trinajstić information content (AvgIpc) is 2.66. The summed E-state index contributed by atoms with van der Waals surface area (Å²) in [5.74, 6) is 0.393. The van der Waals surface area contributed by atoms with Gasteiger partial charge in [0.2, 0.25) is 0 Å². The highest BCUT2D eigenvalue weighted by atomic mass is 16.6. The molecule has 3 rings (SSSR count). The Labute approximate surface area is 162 Å². The quantitative estimate of drug-likeness (QED) is 0.771. The van der Waals surface area contributed by atoms with Crippen LogP contribution in [0.5, 0.6) is 17.2 Å². The van der Waals surface area contributed by atoms with Crippen molar-refractivity contribution < 1.29 is 28.6 Å². The van der Waals surface area contributed by atoms with Gasteiger partial charge in [0.05, 0.1) is 11.1 Å². The van der Waals surface area contributed by atoms with E-state index in [1.165, 1.54) is 13.8 Å². The Morgan fingerprint density at radius 2 is 1.57 bits per heavy atom. The molecule has 0 fully saturated rings. The summed E-state index contributed by atoms with van der Waals surface area (Å²) in [7, 11) is 0. The smallest absolute Gasteiger partial charge is 0.262 e. The maximum atomic E-state index is 12.3. The lowest BCUT2D eigenvalue weighted by molar-refractivity contribution is -0.118. The van der Waals surface area contributed by atoms with Crippen LogP contribution in [-0.2, 0) is 4.79 Å². The van der Waals surface area contributed by atoms with E-state index in [-0.39, 0.29) is 35.0 Å². The van der Waals surface area contributed by atoms with Gasteiger partial charge in [0.1, 0.15) is 19.0 Å². The van der Waals surface area contributed by atoms with Gasteiger partial charge < -0.3 is 19.5 Å². The van der Waals surface area contributed by atoms with Crippen LogP contribution in [0.4, 0.5) is 5.69 Å². The largest absolute Gasteiger partial charge is 0.486 e. The van der Waals surface area contributed by atoms with Crippen LogP contribution in [0.3, 0.4) is 0 Å². The van der Waals surface area contributed by atoms with Crippen LogP contribution in [0.2, 0.25) is 0 Å². The molecule has 1 N–H and O–H groups in total. The maximum Gasteiger partial charge on any atom is 0.262 e. The van der Waals surface area contributed by atoms with Gasteiger partial charge >= 0.3 is 0 Å². The van der Waals surface area contributed by atoms with Gasteiger partial charge in [0, 0.05) is 11.8 Å². The molecule has 0 aromatic heterocycles. The molecule has 7 heteroatoms. The number of rotatable bonds is 6. The summed E-state index contributed by atoms with van der Waals surface area (Å²) in [5.41, 5.74) is 1.85. The number of amides is 1. The molecular formula is C21H21NO6. The zero-order chi connectivity index (χ0) is 20.3. The molecule has 2 aromatic rings. The molecular weight excluding hydrogens is 362 g/mol. The van der Waals surface area contributed by atoms with Gasteiger partial charge in [-0.2, -0.15) is 0 Å². The molecule has 1 aliphatic rings. The Morgan fingerprint density at radius 3 is 2.18 bits per heavy atom. The number of ketones is 2. The van der Waals surface area contributed by atoms with E-state index in [1.807, 2.05) is 0 Å². The Kier molecular flexibility index (Phi) is 5.63. The van der Waals surface area contributed by atoms with Crippen molar-refractivity contribution in [3.63, 3.8) is 0 Å². The van der Waals surface area contributed by atoms with Crippen LogP contribution in [0.15, 0.2) is 30.3 Å². The number of hydrogen-bond donors (Lipinski definition) is 1. The molecule has 1 amide bonds. The fraction of sp³-hybridized carbons (Fsp3) is 0.286. The number of carbonyl (C=O) groups excluding carboxylic acids is 3. The standard InChI is InChI=1S/C21H21NO6/c1-12-8-16(13(2)23)21(17(9-12)14(3)24)28-11-20(25)22-15-4-5-18-19(10-15)27-7-6-26-18/h4-5,8-10H,6-7,11H2,1-3H3,(H,22,25). The van der Waals surface area contributed by atoms with Gasteiger partial charge in [-0.3, -0.25) is 14.4 Å². The molecule has 28 heavy (non-hydrogen) atoms. The van der Waals surface area contributed by atoms with Crippen LogP contribution < -0.4 is 19.5 Å². The van der Waals surface area contributed by atoms with Crippen molar-refractivity contribution in [1.29, 1.82) is 0 Å². The number of ether oxygens (including phenoxy) is 3. The first-order valence-electron chi connectivity index (χ1n) is 8.84. The zero-order valence-electron chi connectivity index (χ0n) is 16.0. The minimum atomic E-state index is -0.429. The van der Waals surface area contributed by atoms with Crippen LogP contribution in [-0.4, -0.2) is 37.3 Å². The Morgan fingerprint density at radius 1 is 0.964 bits per heavy atom. The van der Waals surface area contributed by atoms with Gasteiger partial charge in [-0.05, 0) is 50.6 Å². The van der Waals surface area contributed by atoms with Crippen molar-refractivity contribution in [2.45, 2.75) is 20.8 Å². The molecule has 1 heterocycles. The highest BCUT2D eigenvalue weighted by Gasteiger charge is 2.19. The first kappa shape index (κ1) is 19.4. The van der Waals surface area contributed by atoms with Crippen LogP contribution in [0.1, 0.15) is 40.1 Å². The third kappa shape index (κ3) is 4.31. The van der Waals surface area contributed by atoms with Crippen molar-refractivity contribution in [2.75, 3.05) is 25.1 Å². The van der Waals surface area contributed by atoms with Gasteiger partial charge in [0.15, 0.2) is 29.7 Å². The van der Waals surface area contributed by atoms with Crippen LogP contribution in [0.25, 0.3) is 0 Å². The van der Waals surface area contributed by atoms with Crippen molar-refractivity contribution in [2.24, 2.45) is 0 Å². The first-order chi connectivity index (χ1) is 13.3. The second-order valence-corrected chi connectivity index (χ2v) is 6.50. The molecule has 0 bridgehead atoms. The molecule has 0 saturated heterocycles. The minimum absolute atomic E-state index is 0.128. The highest BCUT2D eigenvalue weighted by molar-refractivity contribution is 6.04. The second kappa shape index (κ2) is 8.12. The maximum absolute atomic E-state index is 12.3. The number of aryl methyl sites for hydroxylation is 1. The molecule has 0 spiro atoms. The Hall–Kier alpha value is -3.35. The lowest BCUT2D eigenvalue weighted by atomic mass is 10.00. The molecule has 1 aliphatic heterocycles. The molecule has 0 atom stereocenters. The monoisotopic (exact) mass is 383 g/mol. The summed E-state index contributed by atoms with van der Waals surface area (Å²) in [6.45, 7) is 5.15. The molecule has 146 valence electrons. The van der Waals surface area contributed by atoms with Gasteiger partial charge in [-0.25, -0.2) is 0 Å². The summed E-state index contributed by atoms with van der Waals surface area (Å²) in [6.07, 6.45) is 0. The Balaban J connectivity index is 1.74. The van der Waals surface area contributed by atoms with Crippen molar-refractivity contribution in [1.82, 2.24) is 0 Å². The summed E-state index contributed by atoms with van der Waals surface area (Å²) in [4.78, 5) is 36.2. The number of anilines is 1. The van der Waals surface area contributed by atoms with E-state index in [2.05, 4.69) is 5.32 Å². The van der Waals surface area contributed by atoms with Crippen LogP contribution >= 0.6 is 0 Å². The number of Topliss-reactive ketones (excluding diaryl/α,β-unsaturated/α-hetero) is 2. The van der Waals surface area contributed by atoms with E-state index in [4.69, 9.17) is 14.2 Å². The van der Waals surface area contributed by atoms with E-state index in [0.29, 0.717) is 30.4 Å². The van der Waals surface area contributed by atoms with E-state index in [9.17, 15) is 14.4 Å². The molecule has 0 saturated carbocycles.